The maximum atomic E-state index is 11.6. The highest BCUT2D eigenvalue weighted by Gasteiger charge is 2.14. The van der Waals surface area contributed by atoms with Crippen molar-refractivity contribution in [3.8, 4) is 0 Å². The third kappa shape index (κ3) is 3.45. The van der Waals surface area contributed by atoms with Crippen molar-refractivity contribution in [1.82, 2.24) is 9.97 Å². The fourth-order valence-electron chi connectivity index (χ4n) is 1.78. The lowest BCUT2D eigenvalue weighted by Crippen LogP contribution is -2.22. The SMILES string of the molecule is CCOC(=O)C(C)CNc1ccnc2cc(Br)cnc12. The van der Waals surface area contributed by atoms with Crippen LogP contribution in [0.4, 0.5) is 5.69 Å². The van der Waals surface area contributed by atoms with Crippen LogP contribution >= 0.6 is 15.9 Å². The summed E-state index contributed by atoms with van der Waals surface area (Å²) in [7, 11) is 0. The smallest absolute Gasteiger partial charge is 0.310 e. The number of rotatable bonds is 5. The number of hydrogen-bond acceptors (Lipinski definition) is 5. The molecule has 5 nitrogen and oxygen atoms in total. The molecule has 0 fully saturated rings. The zero-order valence-electron chi connectivity index (χ0n) is 11.4. The van der Waals surface area contributed by atoms with Crippen LogP contribution in [0, 0.1) is 5.92 Å². The molecule has 0 aliphatic heterocycles. The van der Waals surface area contributed by atoms with E-state index >= 15 is 0 Å². The van der Waals surface area contributed by atoms with Crippen molar-refractivity contribution in [2.75, 3.05) is 18.5 Å². The molecule has 0 bridgehead atoms. The van der Waals surface area contributed by atoms with Crippen LogP contribution in [-0.4, -0.2) is 29.1 Å². The lowest BCUT2D eigenvalue weighted by atomic mass is 10.2. The Hall–Kier alpha value is -1.69. The first kappa shape index (κ1) is 14.7. The molecule has 1 unspecified atom stereocenters. The summed E-state index contributed by atoms with van der Waals surface area (Å²) in [4.78, 5) is 20.2. The fraction of sp³-hybridized carbons (Fsp3) is 0.357. The molecule has 6 heteroatoms. The van der Waals surface area contributed by atoms with E-state index in [4.69, 9.17) is 4.74 Å². The number of anilines is 1. The Bertz CT molecular complexity index is 618. The van der Waals surface area contributed by atoms with Gasteiger partial charge in [0.05, 0.1) is 23.7 Å². The zero-order valence-corrected chi connectivity index (χ0v) is 13.0. The first-order valence-electron chi connectivity index (χ1n) is 6.42. The molecular weight excluding hydrogens is 322 g/mol. The van der Waals surface area contributed by atoms with Crippen molar-refractivity contribution in [1.29, 1.82) is 0 Å². The topological polar surface area (TPSA) is 64.1 Å². The van der Waals surface area contributed by atoms with E-state index in [0.29, 0.717) is 13.2 Å². The highest BCUT2D eigenvalue weighted by molar-refractivity contribution is 9.10. The summed E-state index contributed by atoms with van der Waals surface area (Å²) >= 11 is 3.37. The molecule has 20 heavy (non-hydrogen) atoms. The van der Waals surface area contributed by atoms with Crippen molar-refractivity contribution in [3.63, 3.8) is 0 Å². The first-order valence-corrected chi connectivity index (χ1v) is 7.22. The molecule has 2 heterocycles. The van der Waals surface area contributed by atoms with Gasteiger partial charge in [0.1, 0.15) is 5.52 Å². The molecule has 2 aromatic heterocycles. The van der Waals surface area contributed by atoms with E-state index in [-0.39, 0.29) is 11.9 Å². The summed E-state index contributed by atoms with van der Waals surface area (Å²) in [6, 6.07) is 3.75. The second-order valence-electron chi connectivity index (χ2n) is 4.41. The molecule has 1 N–H and O–H groups in total. The van der Waals surface area contributed by atoms with Crippen molar-refractivity contribution < 1.29 is 9.53 Å². The average Bonchev–Trinajstić information content (AvgIpc) is 2.44. The summed E-state index contributed by atoms with van der Waals surface area (Å²) in [5.41, 5.74) is 2.44. The van der Waals surface area contributed by atoms with E-state index < -0.39 is 0 Å². The van der Waals surface area contributed by atoms with Gasteiger partial charge in [-0.05, 0) is 35.0 Å². The van der Waals surface area contributed by atoms with Gasteiger partial charge in [-0.1, -0.05) is 6.92 Å². The maximum Gasteiger partial charge on any atom is 0.310 e. The van der Waals surface area contributed by atoms with E-state index in [1.165, 1.54) is 0 Å². The van der Waals surface area contributed by atoms with Gasteiger partial charge in [-0.25, -0.2) is 0 Å². The van der Waals surface area contributed by atoms with Crippen molar-refractivity contribution in [2.24, 2.45) is 5.92 Å². The van der Waals surface area contributed by atoms with Crippen LogP contribution in [0.5, 0.6) is 0 Å². The minimum absolute atomic E-state index is 0.200. The summed E-state index contributed by atoms with van der Waals surface area (Å²) in [6.45, 7) is 4.53. The van der Waals surface area contributed by atoms with E-state index in [1.807, 2.05) is 19.1 Å². The van der Waals surface area contributed by atoms with Crippen molar-refractivity contribution in [2.45, 2.75) is 13.8 Å². The average molecular weight is 338 g/mol. The first-order chi connectivity index (χ1) is 9.61. The molecule has 2 rings (SSSR count). The third-order valence-corrected chi connectivity index (χ3v) is 3.27. The van der Waals surface area contributed by atoms with Crippen LogP contribution in [-0.2, 0) is 9.53 Å². The molecular formula is C14H16BrN3O2. The van der Waals surface area contributed by atoms with Crippen LogP contribution in [0.1, 0.15) is 13.8 Å². The number of nitrogens with one attached hydrogen (secondary N) is 1. The molecule has 0 spiro atoms. The summed E-state index contributed by atoms with van der Waals surface area (Å²) in [6.07, 6.45) is 3.44. The number of ether oxygens (including phenoxy) is 1. The number of carbonyl (C=O) groups is 1. The maximum absolute atomic E-state index is 11.6. The summed E-state index contributed by atoms with van der Waals surface area (Å²) < 4.78 is 5.87. The highest BCUT2D eigenvalue weighted by Crippen LogP contribution is 2.22. The molecule has 2 aromatic rings. The molecule has 0 aliphatic carbocycles. The molecule has 0 radical (unpaired) electrons. The van der Waals surface area contributed by atoms with E-state index in [2.05, 4.69) is 31.2 Å². The second-order valence-corrected chi connectivity index (χ2v) is 5.33. The normalized spacial score (nSPS) is 12.2. The van der Waals surface area contributed by atoms with Gasteiger partial charge in [0.25, 0.3) is 0 Å². The summed E-state index contributed by atoms with van der Waals surface area (Å²) in [5.74, 6) is -0.414. The number of aromatic nitrogens is 2. The Kier molecular flexibility index (Phi) is 4.89. The van der Waals surface area contributed by atoms with Gasteiger partial charge in [0.15, 0.2) is 0 Å². The van der Waals surface area contributed by atoms with Gasteiger partial charge in [0, 0.05) is 23.4 Å². The minimum Gasteiger partial charge on any atom is -0.466 e. The highest BCUT2D eigenvalue weighted by atomic mass is 79.9. The van der Waals surface area contributed by atoms with Crippen LogP contribution in [0.3, 0.4) is 0 Å². The molecule has 0 aliphatic rings. The second kappa shape index (κ2) is 6.65. The molecule has 0 saturated carbocycles. The fourth-order valence-corrected chi connectivity index (χ4v) is 2.10. The standard InChI is InChI=1S/C14H16BrN3O2/c1-3-20-14(19)9(2)7-17-11-4-5-16-12-6-10(15)8-18-13(11)12/h4-6,8-9H,3,7H2,1-2H3,(H,16,17). The third-order valence-electron chi connectivity index (χ3n) is 2.83. The van der Waals surface area contributed by atoms with Gasteiger partial charge in [-0.3, -0.25) is 14.8 Å². The predicted octanol–water partition coefficient (Wildman–Crippen LogP) is 3.00. The van der Waals surface area contributed by atoms with E-state index in [0.717, 1.165) is 21.2 Å². The minimum atomic E-state index is -0.214. The van der Waals surface area contributed by atoms with E-state index in [9.17, 15) is 4.79 Å². The Morgan fingerprint density at radius 2 is 2.30 bits per heavy atom. The van der Waals surface area contributed by atoms with Crippen LogP contribution < -0.4 is 5.32 Å². The Labute approximate surface area is 125 Å². The van der Waals surface area contributed by atoms with Gasteiger partial charge >= 0.3 is 5.97 Å². The van der Waals surface area contributed by atoms with Crippen LogP contribution in [0.2, 0.25) is 0 Å². The van der Waals surface area contributed by atoms with E-state index in [1.54, 1.807) is 19.3 Å². The van der Waals surface area contributed by atoms with Gasteiger partial charge in [0.2, 0.25) is 0 Å². The Morgan fingerprint density at radius 3 is 3.05 bits per heavy atom. The zero-order chi connectivity index (χ0) is 14.5. The molecule has 106 valence electrons. The van der Waals surface area contributed by atoms with Crippen molar-refractivity contribution in [3.05, 3.63) is 29.0 Å². The molecule has 0 saturated heterocycles. The number of halogens is 1. The number of fused-ring (bicyclic) bond motifs is 1. The predicted molar refractivity (Wildman–Crippen MR) is 81.5 cm³/mol. The van der Waals surface area contributed by atoms with Crippen LogP contribution in [0.25, 0.3) is 11.0 Å². The Morgan fingerprint density at radius 1 is 1.50 bits per heavy atom. The largest absolute Gasteiger partial charge is 0.466 e. The number of nitrogens with zero attached hydrogens (tertiary/aromatic N) is 2. The lowest BCUT2D eigenvalue weighted by Gasteiger charge is -2.13. The number of carbonyl (C=O) groups excluding carboxylic acids is 1. The van der Waals surface area contributed by atoms with Gasteiger partial charge in [-0.15, -0.1) is 0 Å². The molecule has 1 atom stereocenters. The van der Waals surface area contributed by atoms with Gasteiger partial charge < -0.3 is 10.1 Å². The monoisotopic (exact) mass is 337 g/mol. The van der Waals surface area contributed by atoms with Crippen molar-refractivity contribution >= 4 is 38.6 Å². The number of hydrogen-bond donors (Lipinski definition) is 1. The summed E-state index contributed by atoms with van der Waals surface area (Å²) in [5, 5.41) is 3.23. The quantitative estimate of drug-likeness (QED) is 0.849. The number of pyridine rings is 2. The molecule has 0 amide bonds. The van der Waals surface area contributed by atoms with Gasteiger partial charge in [-0.2, -0.15) is 0 Å². The Balaban J connectivity index is 2.12. The lowest BCUT2D eigenvalue weighted by molar-refractivity contribution is -0.146. The number of esters is 1. The molecule has 0 aromatic carbocycles. The van der Waals surface area contributed by atoms with Crippen LogP contribution in [0.15, 0.2) is 29.0 Å².